The first kappa shape index (κ1) is 11.4. The molecule has 0 bridgehead atoms. The third-order valence-electron chi connectivity index (χ3n) is 1.79. The molecular weight excluding hydrogens is 198 g/mol. The van der Waals surface area contributed by atoms with E-state index in [9.17, 15) is 4.79 Å². The summed E-state index contributed by atoms with van der Waals surface area (Å²) in [6, 6.07) is -0.204. The van der Waals surface area contributed by atoms with Crippen molar-refractivity contribution in [3.05, 3.63) is 5.89 Å². The van der Waals surface area contributed by atoms with E-state index in [1.165, 1.54) is 4.90 Å². The SMILES string of the molecule is CC(Nc1nnc(CN)o1)C(=O)N(C)C. The smallest absolute Gasteiger partial charge is 0.316 e. The molecular formula is C8H15N5O2. The number of rotatable bonds is 4. The van der Waals surface area contributed by atoms with Crippen LogP contribution in [0.1, 0.15) is 12.8 Å². The van der Waals surface area contributed by atoms with Crippen molar-refractivity contribution in [2.75, 3.05) is 19.4 Å². The molecule has 7 heteroatoms. The third-order valence-corrected chi connectivity index (χ3v) is 1.79. The fraction of sp³-hybridized carbons (Fsp3) is 0.625. The maximum absolute atomic E-state index is 11.5. The van der Waals surface area contributed by atoms with Crippen molar-refractivity contribution in [1.82, 2.24) is 15.1 Å². The molecule has 0 spiro atoms. The van der Waals surface area contributed by atoms with Crippen LogP contribution in [-0.4, -0.2) is 41.1 Å². The maximum atomic E-state index is 11.5. The zero-order valence-electron chi connectivity index (χ0n) is 9.02. The number of aromatic nitrogens is 2. The standard InChI is InChI=1S/C8H15N5O2/c1-5(7(14)13(2)3)10-8-12-11-6(4-9)15-8/h5H,4,9H2,1-3H3,(H,10,12). The molecule has 1 atom stereocenters. The predicted octanol–water partition coefficient (Wildman–Crippen LogP) is -0.583. The summed E-state index contributed by atoms with van der Waals surface area (Å²) in [5, 5.41) is 10.1. The van der Waals surface area contributed by atoms with E-state index in [4.69, 9.17) is 10.2 Å². The fourth-order valence-electron chi connectivity index (χ4n) is 1.03. The monoisotopic (exact) mass is 213 g/mol. The molecule has 1 unspecified atom stereocenters. The number of nitrogens with zero attached hydrogens (tertiary/aromatic N) is 3. The zero-order valence-corrected chi connectivity index (χ0v) is 9.02. The Kier molecular flexibility index (Phi) is 3.62. The Labute approximate surface area is 87.6 Å². The summed E-state index contributed by atoms with van der Waals surface area (Å²) in [7, 11) is 3.36. The number of hydrogen-bond acceptors (Lipinski definition) is 6. The molecule has 0 aromatic carbocycles. The molecule has 1 heterocycles. The lowest BCUT2D eigenvalue weighted by Gasteiger charge is -2.16. The number of carbonyl (C=O) groups is 1. The van der Waals surface area contributed by atoms with Crippen LogP contribution in [0, 0.1) is 0 Å². The fourth-order valence-corrected chi connectivity index (χ4v) is 1.03. The van der Waals surface area contributed by atoms with Gasteiger partial charge in [-0.05, 0) is 6.92 Å². The van der Waals surface area contributed by atoms with Gasteiger partial charge in [-0.2, -0.15) is 0 Å². The number of likely N-dealkylation sites (N-methyl/N-ethyl adjacent to an activating group) is 1. The van der Waals surface area contributed by atoms with Crippen LogP contribution in [0.4, 0.5) is 6.01 Å². The van der Waals surface area contributed by atoms with Gasteiger partial charge in [-0.15, -0.1) is 5.10 Å². The van der Waals surface area contributed by atoms with Crippen LogP contribution in [0.25, 0.3) is 0 Å². The van der Waals surface area contributed by atoms with Gasteiger partial charge in [0.15, 0.2) is 0 Å². The quantitative estimate of drug-likeness (QED) is 0.694. The van der Waals surface area contributed by atoms with Gasteiger partial charge in [0.25, 0.3) is 0 Å². The first-order valence-electron chi connectivity index (χ1n) is 4.54. The van der Waals surface area contributed by atoms with Crippen LogP contribution < -0.4 is 11.1 Å². The van der Waals surface area contributed by atoms with Crippen molar-refractivity contribution in [2.24, 2.45) is 5.73 Å². The van der Waals surface area contributed by atoms with Crippen LogP contribution in [0.3, 0.4) is 0 Å². The molecule has 3 N–H and O–H groups in total. The van der Waals surface area contributed by atoms with Crippen molar-refractivity contribution in [1.29, 1.82) is 0 Å². The van der Waals surface area contributed by atoms with Gasteiger partial charge in [0.2, 0.25) is 11.8 Å². The van der Waals surface area contributed by atoms with Gasteiger partial charge in [-0.25, -0.2) is 0 Å². The number of amides is 1. The molecule has 7 nitrogen and oxygen atoms in total. The van der Waals surface area contributed by atoms with Crippen molar-refractivity contribution in [3.8, 4) is 0 Å². The Hall–Kier alpha value is -1.63. The molecule has 1 rings (SSSR count). The average Bonchev–Trinajstić information content (AvgIpc) is 2.64. The normalized spacial score (nSPS) is 12.3. The Balaban J connectivity index is 2.58. The van der Waals surface area contributed by atoms with E-state index >= 15 is 0 Å². The lowest BCUT2D eigenvalue weighted by atomic mass is 10.3. The lowest BCUT2D eigenvalue weighted by Crippen LogP contribution is -2.36. The second kappa shape index (κ2) is 4.74. The molecule has 1 aromatic heterocycles. The van der Waals surface area contributed by atoms with Gasteiger partial charge in [0.05, 0.1) is 6.54 Å². The Morgan fingerprint density at radius 2 is 2.27 bits per heavy atom. The minimum Gasteiger partial charge on any atom is -0.407 e. The van der Waals surface area contributed by atoms with Crippen molar-refractivity contribution >= 4 is 11.9 Å². The minimum absolute atomic E-state index is 0.0671. The molecule has 1 amide bonds. The molecule has 0 fully saturated rings. The molecule has 0 radical (unpaired) electrons. The van der Waals surface area contributed by atoms with Crippen molar-refractivity contribution < 1.29 is 9.21 Å². The Morgan fingerprint density at radius 1 is 1.60 bits per heavy atom. The maximum Gasteiger partial charge on any atom is 0.316 e. The minimum atomic E-state index is -0.411. The highest BCUT2D eigenvalue weighted by atomic mass is 16.4. The highest BCUT2D eigenvalue weighted by Gasteiger charge is 2.16. The summed E-state index contributed by atoms with van der Waals surface area (Å²) in [5.41, 5.74) is 5.30. The van der Waals surface area contributed by atoms with E-state index in [0.717, 1.165) is 0 Å². The van der Waals surface area contributed by atoms with Gasteiger partial charge >= 0.3 is 6.01 Å². The van der Waals surface area contributed by atoms with E-state index in [0.29, 0.717) is 5.89 Å². The molecule has 84 valence electrons. The Bertz CT molecular complexity index is 336. The van der Waals surface area contributed by atoms with Gasteiger partial charge in [-0.1, -0.05) is 5.10 Å². The number of hydrogen-bond donors (Lipinski definition) is 2. The van der Waals surface area contributed by atoms with E-state index in [2.05, 4.69) is 15.5 Å². The summed E-state index contributed by atoms with van der Waals surface area (Å²) in [6.07, 6.45) is 0. The number of nitrogens with one attached hydrogen (secondary N) is 1. The lowest BCUT2D eigenvalue weighted by molar-refractivity contribution is -0.129. The second-order valence-corrected chi connectivity index (χ2v) is 3.30. The number of carbonyl (C=O) groups excluding carboxylic acids is 1. The number of nitrogens with two attached hydrogens (primary N) is 1. The molecule has 0 aliphatic carbocycles. The van der Waals surface area contributed by atoms with Crippen LogP contribution in [0.2, 0.25) is 0 Å². The predicted molar refractivity (Wildman–Crippen MR) is 54.0 cm³/mol. The molecule has 0 saturated carbocycles. The zero-order chi connectivity index (χ0) is 11.4. The molecule has 0 aliphatic rings. The van der Waals surface area contributed by atoms with Crippen molar-refractivity contribution in [3.63, 3.8) is 0 Å². The number of anilines is 1. The largest absolute Gasteiger partial charge is 0.407 e. The second-order valence-electron chi connectivity index (χ2n) is 3.30. The summed E-state index contributed by atoms with van der Waals surface area (Å²) in [5.74, 6) is 0.268. The first-order valence-corrected chi connectivity index (χ1v) is 4.54. The van der Waals surface area contributed by atoms with Crippen LogP contribution in [0.15, 0.2) is 4.42 Å². The van der Waals surface area contributed by atoms with Crippen molar-refractivity contribution in [2.45, 2.75) is 19.5 Å². The Morgan fingerprint density at radius 3 is 2.73 bits per heavy atom. The third kappa shape index (κ3) is 2.91. The summed E-state index contributed by atoms with van der Waals surface area (Å²) >= 11 is 0. The van der Waals surface area contributed by atoms with Crippen LogP contribution in [-0.2, 0) is 11.3 Å². The topological polar surface area (TPSA) is 97.3 Å². The summed E-state index contributed by atoms with van der Waals surface area (Å²) in [6.45, 7) is 1.90. The van der Waals surface area contributed by atoms with Crippen LogP contribution in [0.5, 0.6) is 0 Å². The van der Waals surface area contributed by atoms with E-state index in [1.54, 1.807) is 21.0 Å². The molecule has 0 aliphatic heterocycles. The van der Waals surface area contributed by atoms with Crippen LogP contribution >= 0.6 is 0 Å². The van der Waals surface area contributed by atoms with Gasteiger partial charge in [0.1, 0.15) is 6.04 Å². The van der Waals surface area contributed by atoms with E-state index in [-0.39, 0.29) is 18.5 Å². The highest BCUT2D eigenvalue weighted by molar-refractivity contribution is 5.83. The molecule has 15 heavy (non-hydrogen) atoms. The van der Waals surface area contributed by atoms with Gasteiger partial charge < -0.3 is 20.4 Å². The highest BCUT2D eigenvalue weighted by Crippen LogP contribution is 2.06. The summed E-state index contributed by atoms with van der Waals surface area (Å²) in [4.78, 5) is 13.0. The van der Waals surface area contributed by atoms with Gasteiger partial charge in [-0.3, -0.25) is 4.79 Å². The average molecular weight is 213 g/mol. The first-order chi connectivity index (χ1) is 7.04. The van der Waals surface area contributed by atoms with E-state index in [1.807, 2.05) is 0 Å². The van der Waals surface area contributed by atoms with E-state index < -0.39 is 6.04 Å². The molecule has 0 saturated heterocycles. The molecule has 1 aromatic rings. The summed E-state index contributed by atoms with van der Waals surface area (Å²) < 4.78 is 5.10. The van der Waals surface area contributed by atoms with Gasteiger partial charge in [0, 0.05) is 14.1 Å².